The van der Waals surface area contributed by atoms with E-state index in [0.29, 0.717) is 0 Å². The minimum absolute atomic E-state index is 0.965. The zero-order valence-electron chi connectivity index (χ0n) is 10.6. The maximum atomic E-state index is 4.67. The molecule has 3 heteroatoms. The number of hydrogen-bond acceptors (Lipinski definition) is 1. The first-order chi connectivity index (χ1) is 9.81. The van der Waals surface area contributed by atoms with E-state index in [4.69, 9.17) is 0 Å². The first kappa shape index (κ1) is 11.7. The highest BCUT2D eigenvalue weighted by Crippen LogP contribution is 2.30. The van der Waals surface area contributed by atoms with Gasteiger partial charge in [-0.2, -0.15) is 0 Å². The van der Waals surface area contributed by atoms with Crippen LogP contribution in [0.3, 0.4) is 0 Å². The lowest BCUT2D eigenvalue weighted by molar-refractivity contribution is 1.19. The fourth-order valence-electron chi connectivity index (χ4n) is 2.49. The van der Waals surface area contributed by atoms with Crippen molar-refractivity contribution in [2.45, 2.75) is 0 Å². The molecule has 2 nitrogen and oxygen atoms in total. The zero-order valence-corrected chi connectivity index (χ0v) is 12.2. The molecule has 4 rings (SSSR count). The lowest BCUT2D eigenvalue weighted by atomic mass is 10.1. The Labute approximate surface area is 124 Å². The van der Waals surface area contributed by atoms with Gasteiger partial charge in [-0.25, -0.2) is 4.98 Å². The van der Waals surface area contributed by atoms with Gasteiger partial charge in [-0.15, -0.1) is 0 Å². The number of halogens is 1. The average Bonchev–Trinajstić information content (AvgIpc) is 2.91. The molecule has 0 aliphatic rings. The van der Waals surface area contributed by atoms with E-state index in [2.05, 4.69) is 63.5 Å². The van der Waals surface area contributed by atoms with Gasteiger partial charge in [0, 0.05) is 22.4 Å². The van der Waals surface area contributed by atoms with E-state index in [1.54, 1.807) is 0 Å². The molecule has 96 valence electrons. The normalized spacial score (nSPS) is 11.2. The maximum Gasteiger partial charge on any atom is 0.137 e. The van der Waals surface area contributed by atoms with Crippen LogP contribution < -0.4 is 0 Å². The minimum Gasteiger partial charge on any atom is -0.306 e. The molecule has 2 aromatic carbocycles. The number of nitrogens with zero attached hydrogens (tertiary/aromatic N) is 2. The Morgan fingerprint density at radius 2 is 1.80 bits per heavy atom. The van der Waals surface area contributed by atoms with Crippen LogP contribution in [0.2, 0.25) is 0 Å². The van der Waals surface area contributed by atoms with E-state index in [1.165, 1.54) is 10.8 Å². The topological polar surface area (TPSA) is 17.3 Å². The van der Waals surface area contributed by atoms with Crippen molar-refractivity contribution in [1.29, 1.82) is 0 Å². The lowest BCUT2D eigenvalue weighted by Gasteiger charge is -2.04. The first-order valence-electron chi connectivity index (χ1n) is 6.44. The Bertz CT molecular complexity index is 891. The van der Waals surface area contributed by atoms with Crippen LogP contribution in [0.15, 0.2) is 71.5 Å². The summed E-state index contributed by atoms with van der Waals surface area (Å²) in [5, 5.41) is 2.44. The molecule has 20 heavy (non-hydrogen) atoms. The molecular formula is C17H11BrN2. The van der Waals surface area contributed by atoms with Crippen LogP contribution >= 0.6 is 15.9 Å². The molecule has 0 fully saturated rings. The van der Waals surface area contributed by atoms with Gasteiger partial charge in [0.05, 0.1) is 5.69 Å². The van der Waals surface area contributed by atoms with E-state index < -0.39 is 0 Å². The molecule has 2 aromatic heterocycles. The zero-order chi connectivity index (χ0) is 13.5. The Balaban J connectivity index is 1.97. The summed E-state index contributed by atoms with van der Waals surface area (Å²) < 4.78 is 3.14. The molecule has 0 bridgehead atoms. The smallest absolute Gasteiger partial charge is 0.137 e. The van der Waals surface area contributed by atoms with Crippen molar-refractivity contribution in [3.63, 3.8) is 0 Å². The van der Waals surface area contributed by atoms with Crippen molar-refractivity contribution in [1.82, 2.24) is 9.38 Å². The average molecular weight is 323 g/mol. The Morgan fingerprint density at radius 3 is 2.70 bits per heavy atom. The number of imidazole rings is 1. The van der Waals surface area contributed by atoms with Crippen LogP contribution in [-0.4, -0.2) is 9.38 Å². The summed E-state index contributed by atoms with van der Waals surface area (Å²) in [6.45, 7) is 0. The first-order valence-corrected chi connectivity index (χ1v) is 7.23. The number of pyridine rings is 1. The van der Waals surface area contributed by atoms with Gasteiger partial charge in [0.2, 0.25) is 0 Å². The van der Waals surface area contributed by atoms with Crippen molar-refractivity contribution in [2.75, 3.05) is 0 Å². The number of hydrogen-bond donors (Lipinski definition) is 0. The van der Waals surface area contributed by atoms with Gasteiger partial charge < -0.3 is 4.40 Å². The quantitative estimate of drug-likeness (QED) is 0.486. The molecule has 4 aromatic rings. The van der Waals surface area contributed by atoms with Crippen LogP contribution in [0.4, 0.5) is 0 Å². The lowest BCUT2D eigenvalue weighted by Crippen LogP contribution is -1.80. The monoisotopic (exact) mass is 322 g/mol. The van der Waals surface area contributed by atoms with Crippen molar-refractivity contribution in [2.24, 2.45) is 0 Å². The second-order valence-corrected chi connectivity index (χ2v) is 5.63. The third kappa shape index (κ3) is 1.82. The minimum atomic E-state index is 0.965. The molecule has 0 atom stereocenters. The predicted molar refractivity (Wildman–Crippen MR) is 85.8 cm³/mol. The summed E-state index contributed by atoms with van der Waals surface area (Å²) in [7, 11) is 0. The van der Waals surface area contributed by atoms with E-state index in [9.17, 15) is 0 Å². The molecule has 0 aliphatic carbocycles. The van der Waals surface area contributed by atoms with Crippen molar-refractivity contribution >= 4 is 32.3 Å². The number of fused-ring (bicyclic) bond motifs is 2. The van der Waals surface area contributed by atoms with Gasteiger partial charge in [0.1, 0.15) is 5.65 Å². The molecule has 0 aliphatic heterocycles. The van der Waals surface area contributed by atoms with Gasteiger partial charge >= 0.3 is 0 Å². The van der Waals surface area contributed by atoms with Crippen LogP contribution in [0.25, 0.3) is 27.7 Å². The molecule has 0 saturated heterocycles. The van der Waals surface area contributed by atoms with Crippen molar-refractivity contribution in [3.05, 3.63) is 71.5 Å². The predicted octanol–water partition coefficient (Wildman–Crippen LogP) is 4.92. The Morgan fingerprint density at radius 1 is 0.950 bits per heavy atom. The molecule has 0 spiro atoms. The highest BCUT2D eigenvalue weighted by molar-refractivity contribution is 9.10. The SMILES string of the molecule is Brc1cc(-c2cn3ccccc3n2)cc2ccccc12. The van der Waals surface area contributed by atoms with Crippen LogP contribution in [0.5, 0.6) is 0 Å². The summed E-state index contributed by atoms with van der Waals surface area (Å²) in [4.78, 5) is 4.67. The van der Waals surface area contributed by atoms with Gasteiger partial charge in [0.25, 0.3) is 0 Å². The van der Waals surface area contributed by atoms with Crippen molar-refractivity contribution < 1.29 is 0 Å². The van der Waals surface area contributed by atoms with Crippen LogP contribution in [-0.2, 0) is 0 Å². The van der Waals surface area contributed by atoms with Gasteiger partial charge in [-0.3, -0.25) is 0 Å². The van der Waals surface area contributed by atoms with E-state index in [1.807, 2.05) is 28.8 Å². The third-order valence-corrected chi connectivity index (χ3v) is 4.13. The second-order valence-electron chi connectivity index (χ2n) is 4.77. The molecule has 0 unspecified atom stereocenters. The summed E-state index contributed by atoms with van der Waals surface area (Å²) in [6, 6.07) is 18.7. The standard InChI is InChI=1S/C17H11BrN2/c18-15-10-13(9-12-5-1-2-6-14(12)15)16-11-20-8-4-3-7-17(20)19-16/h1-11H. The number of rotatable bonds is 1. The number of benzene rings is 2. The Kier molecular flexibility index (Phi) is 2.60. The summed E-state index contributed by atoms with van der Waals surface area (Å²) >= 11 is 3.65. The number of aromatic nitrogens is 2. The molecule has 0 saturated carbocycles. The molecule has 0 radical (unpaired) electrons. The fraction of sp³-hybridized carbons (Fsp3) is 0. The third-order valence-electron chi connectivity index (χ3n) is 3.47. The van der Waals surface area contributed by atoms with Crippen LogP contribution in [0, 0.1) is 0 Å². The highest BCUT2D eigenvalue weighted by atomic mass is 79.9. The van der Waals surface area contributed by atoms with Gasteiger partial charge in [0.15, 0.2) is 0 Å². The summed E-state index contributed by atoms with van der Waals surface area (Å²) in [6.07, 6.45) is 4.08. The van der Waals surface area contributed by atoms with Gasteiger partial charge in [-0.05, 0) is 35.0 Å². The van der Waals surface area contributed by atoms with E-state index in [-0.39, 0.29) is 0 Å². The molecule has 0 amide bonds. The highest BCUT2D eigenvalue weighted by Gasteiger charge is 2.07. The van der Waals surface area contributed by atoms with E-state index in [0.717, 1.165) is 21.4 Å². The molecule has 2 heterocycles. The van der Waals surface area contributed by atoms with Crippen LogP contribution in [0.1, 0.15) is 0 Å². The summed E-state index contributed by atoms with van der Waals surface area (Å²) in [5.41, 5.74) is 3.08. The summed E-state index contributed by atoms with van der Waals surface area (Å²) in [5.74, 6) is 0. The van der Waals surface area contributed by atoms with E-state index >= 15 is 0 Å². The fourth-order valence-corrected chi connectivity index (χ4v) is 3.09. The molecule has 0 N–H and O–H groups in total. The Hall–Kier alpha value is -2.13. The van der Waals surface area contributed by atoms with Crippen molar-refractivity contribution in [3.8, 4) is 11.3 Å². The maximum absolute atomic E-state index is 4.67. The largest absolute Gasteiger partial charge is 0.306 e. The molecular weight excluding hydrogens is 312 g/mol. The second kappa shape index (κ2) is 4.46. The van der Waals surface area contributed by atoms with Gasteiger partial charge in [-0.1, -0.05) is 46.3 Å².